The van der Waals surface area contributed by atoms with E-state index in [0.29, 0.717) is 6.61 Å². The maximum absolute atomic E-state index is 5.57. The van der Waals surface area contributed by atoms with Crippen LogP contribution in [0.2, 0.25) is 0 Å². The molecular weight excluding hydrogens is 212 g/mol. The zero-order chi connectivity index (χ0) is 12.3. The molecule has 0 radical (unpaired) electrons. The third-order valence-corrected chi connectivity index (χ3v) is 3.38. The lowest BCUT2D eigenvalue weighted by atomic mass is 9.89. The second kappa shape index (κ2) is 5.07. The first-order chi connectivity index (χ1) is 8.14. The fraction of sp³-hybridized carbons (Fsp3) is 0.571. The molecule has 0 aromatic heterocycles. The first kappa shape index (κ1) is 12.4. The largest absolute Gasteiger partial charge is 0.494 e. The van der Waals surface area contributed by atoms with Gasteiger partial charge in [0.25, 0.3) is 0 Å². The molecule has 1 aromatic carbocycles. The maximum Gasteiger partial charge on any atom is 0.119 e. The second-order valence-electron chi connectivity index (χ2n) is 4.96. The van der Waals surface area contributed by atoms with Crippen molar-refractivity contribution < 1.29 is 4.74 Å². The molecule has 0 saturated carbocycles. The van der Waals surface area contributed by atoms with E-state index in [4.69, 9.17) is 4.74 Å². The first-order valence-corrected chi connectivity index (χ1v) is 6.31. The summed E-state index contributed by atoms with van der Waals surface area (Å²) >= 11 is 0. The van der Waals surface area contributed by atoms with Crippen molar-refractivity contribution >= 4 is 0 Å². The van der Waals surface area contributed by atoms with E-state index >= 15 is 0 Å². The van der Waals surface area contributed by atoms with Crippen LogP contribution in [0.1, 0.15) is 19.4 Å². The molecule has 0 bridgehead atoms. The number of piperazine rings is 1. The third kappa shape index (κ3) is 2.79. The average Bonchev–Trinajstić information content (AvgIpc) is 2.29. The summed E-state index contributed by atoms with van der Waals surface area (Å²) in [5, 5.41) is 3.61. The molecule has 1 aromatic rings. The van der Waals surface area contributed by atoms with Crippen molar-refractivity contribution in [3.63, 3.8) is 0 Å². The second-order valence-corrected chi connectivity index (χ2v) is 4.96. The molecule has 2 rings (SSSR count). The number of benzene rings is 1. The molecule has 1 fully saturated rings. The summed E-state index contributed by atoms with van der Waals surface area (Å²) in [6, 6.07) is 8.41. The third-order valence-electron chi connectivity index (χ3n) is 3.38. The normalized spacial score (nSPS) is 25.8. The molecule has 3 nitrogen and oxygen atoms in total. The molecule has 1 unspecified atom stereocenters. The Morgan fingerprint density at radius 1 is 1.47 bits per heavy atom. The summed E-state index contributed by atoms with van der Waals surface area (Å²) < 4.78 is 5.57. The van der Waals surface area contributed by atoms with Gasteiger partial charge in [-0.3, -0.25) is 0 Å². The maximum atomic E-state index is 5.57. The van der Waals surface area contributed by atoms with Crippen molar-refractivity contribution in [2.75, 3.05) is 33.3 Å². The van der Waals surface area contributed by atoms with Crippen LogP contribution >= 0.6 is 0 Å². The van der Waals surface area contributed by atoms with Crippen LogP contribution in [0.15, 0.2) is 24.3 Å². The molecule has 0 amide bonds. The zero-order valence-corrected chi connectivity index (χ0v) is 11.0. The molecule has 1 saturated heterocycles. The molecule has 17 heavy (non-hydrogen) atoms. The molecule has 1 aliphatic heterocycles. The van der Waals surface area contributed by atoms with E-state index in [-0.39, 0.29) is 5.54 Å². The van der Waals surface area contributed by atoms with Crippen molar-refractivity contribution in [3.05, 3.63) is 29.8 Å². The van der Waals surface area contributed by atoms with Crippen molar-refractivity contribution in [2.45, 2.75) is 19.4 Å². The summed E-state index contributed by atoms with van der Waals surface area (Å²) in [6.45, 7) is 8.16. The fourth-order valence-electron chi connectivity index (χ4n) is 2.49. The molecule has 1 aliphatic rings. The van der Waals surface area contributed by atoms with Gasteiger partial charge >= 0.3 is 0 Å². The lowest BCUT2D eigenvalue weighted by Crippen LogP contribution is -2.55. The van der Waals surface area contributed by atoms with Gasteiger partial charge in [-0.05, 0) is 38.6 Å². The summed E-state index contributed by atoms with van der Waals surface area (Å²) in [6.07, 6.45) is 0. The molecule has 1 atom stereocenters. The highest BCUT2D eigenvalue weighted by Gasteiger charge is 2.30. The minimum Gasteiger partial charge on any atom is -0.494 e. The van der Waals surface area contributed by atoms with Gasteiger partial charge in [-0.25, -0.2) is 0 Å². The molecule has 1 heterocycles. The van der Waals surface area contributed by atoms with Gasteiger partial charge in [0.2, 0.25) is 0 Å². The summed E-state index contributed by atoms with van der Waals surface area (Å²) in [7, 11) is 2.17. The van der Waals surface area contributed by atoms with E-state index in [1.807, 2.05) is 13.0 Å². The Morgan fingerprint density at radius 2 is 2.29 bits per heavy atom. The lowest BCUT2D eigenvalue weighted by Gasteiger charge is -2.40. The average molecular weight is 234 g/mol. The van der Waals surface area contributed by atoms with Crippen LogP contribution in [0.4, 0.5) is 0 Å². The summed E-state index contributed by atoms with van der Waals surface area (Å²) in [5.41, 5.74) is 1.33. The van der Waals surface area contributed by atoms with E-state index in [9.17, 15) is 0 Å². The Hall–Kier alpha value is -1.06. The Morgan fingerprint density at radius 3 is 3.00 bits per heavy atom. The van der Waals surface area contributed by atoms with Crippen LogP contribution in [0.3, 0.4) is 0 Å². The number of rotatable bonds is 3. The van der Waals surface area contributed by atoms with Gasteiger partial charge in [-0.2, -0.15) is 0 Å². The highest BCUT2D eigenvalue weighted by Crippen LogP contribution is 2.26. The molecule has 3 heteroatoms. The van der Waals surface area contributed by atoms with Gasteiger partial charge in [0.05, 0.1) is 12.1 Å². The van der Waals surface area contributed by atoms with E-state index in [2.05, 4.69) is 42.4 Å². The van der Waals surface area contributed by atoms with Crippen molar-refractivity contribution in [3.8, 4) is 5.75 Å². The number of hydrogen-bond donors (Lipinski definition) is 1. The van der Waals surface area contributed by atoms with E-state index in [0.717, 1.165) is 25.4 Å². The minimum absolute atomic E-state index is 0.0279. The van der Waals surface area contributed by atoms with Gasteiger partial charge in [-0.1, -0.05) is 12.1 Å². The number of hydrogen-bond acceptors (Lipinski definition) is 3. The standard InChI is InChI=1S/C14H22N2O/c1-4-17-13-7-5-6-12(10-13)14(2)11-16(3)9-8-15-14/h5-7,10,15H,4,8-9,11H2,1-3H3. The highest BCUT2D eigenvalue weighted by atomic mass is 16.5. The Bertz CT molecular complexity index is 380. The fourth-order valence-corrected chi connectivity index (χ4v) is 2.49. The minimum atomic E-state index is 0.0279. The Kier molecular flexibility index (Phi) is 3.69. The topological polar surface area (TPSA) is 24.5 Å². The predicted molar refractivity (Wildman–Crippen MR) is 70.5 cm³/mol. The van der Waals surface area contributed by atoms with Crippen LogP contribution in [0.25, 0.3) is 0 Å². The van der Waals surface area contributed by atoms with Gasteiger partial charge in [0.1, 0.15) is 5.75 Å². The van der Waals surface area contributed by atoms with Gasteiger partial charge in [-0.15, -0.1) is 0 Å². The summed E-state index contributed by atoms with van der Waals surface area (Å²) in [5.74, 6) is 0.959. The summed E-state index contributed by atoms with van der Waals surface area (Å²) in [4.78, 5) is 2.36. The lowest BCUT2D eigenvalue weighted by molar-refractivity contribution is 0.171. The Labute approximate surface area is 104 Å². The number of nitrogens with zero attached hydrogens (tertiary/aromatic N) is 1. The predicted octanol–water partition coefficient (Wildman–Crippen LogP) is 1.84. The number of ether oxygens (including phenoxy) is 1. The van der Waals surface area contributed by atoms with E-state index < -0.39 is 0 Å². The van der Waals surface area contributed by atoms with E-state index in [1.54, 1.807) is 0 Å². The van der Waals surface area contributed by atoms with Crippen LogP contribution in [0, 0.1) is 0 Å². The number of nitrogens with one attached hydrogen (secondary N) is 1. The van der Waals surface area contributed by atoms with Crippen molar-refractivity contribution in [1.82, 2.24) is 10.2 Å². The molecule has 94 valence electrons. The van der Waals surface area contributed by atoms with Crippen molar-refractivity contribution in [2.24, 2.45) is 0 Å². The number of likely N-dealkylation sites (N-methyl/N-ethyl adjacent to an activating group) is 1. The SMILES string of the molecule is CCOc1cccc(C2(C)CN(C)CCN2)c1. The zero-order valence-electron chi connectivity index (χ0n) is 11.0. The Balaban J connectivity index is 2.22. The molecular formula is C14H22N2O. The molecule has 0 spiro atoms. The van der Waals surface area contributed by atoms with Crippen LogP contribution < -0.4 is 10.1 Å². The monoisotopic (exact) mass is 234 g/mol. The van der Waals surface area contributed by atoms with Crippen LogP contribution in [0.5, 0.6) is 5.75 Å². The van der Waals surface area contributed by atoms with Crippen LogP contribution in [-0.2, 0) is 5.54 Å². The van der Waals surface area contributed by atoms with Crippen molar-refractivity contribution in [1.29, 1.82) is 0 Å². The quantitative estimate of drug-likeness (QED) is 0.863. The van der Waals surface area contributed by atoms with E-state index in [1.165, 1.54) is 5.56 Å². The first-order valence-electron chi connectivity index (χ1n) is 6.31. The smallest absolute Gasteiger partial charge is 0.119 e. The van der Waals surface area contributed by atoms with Gasteiger partial charge in [0, 0.05) is 19.6 Å². The van der Waals surface area contributed by atoms with Gasteiger partial charge < -0.3 is 15.0 Å². The molecule has 1 N–H and O–H groups in total. The highest BCUT2D eigenvalue weighted by molar-refractivity contribution is 5.33. The van der Waals surface area contributed by atoms with Gasteiger partial charge in [0.15, 0.2) is 0 Å². The van der Waals surface area contributed by atoms with Crippen LogP contribution in [-0.4, -0.2) is 38.2 Å². The molecule has 0 aliphatic carbocycles.